The molecule has 0 amide bonds. The maximum atomic E-state index is 5.92. The van der Waals surface area contributed by atoms with E-state index in [9.17, 15) is 0 Å². The first-order chi connectivity index (χ1) is 9.79. The second kappa shape index (κ2) is 5.64. The van der Waals surface area contributed by atoms with Crippen LogP contribution in [-0.4, -0.2) is 25.2 Å². The number of furan rings is 1. The van der Waals surface area contributed by atoms with E-state index in [1.54, 1.807) is 18.4 Å². The van der Waals surface area contributed by atoms with Crippen LogP contribution in [0.1, 0.15) is 5.56 Å². The first kappa shape index (κ1) is 13.1. The number of hydrogen-bond donors (Lipinski definition) is 1. The van der Waals surface area contributed by atoms with Crippen LogP contribution >= 0.6 is 11.3 Å². The van der Waals surface area contributed by atoms with E-state index in [1.165, 1.54) is 0 Å². The Hall–Kier alpha value is -1.85. The molecule has 5 heteroatoms. The third-order valence-electron chi connectivity index (χ3n) is 3.16. The SMILES string of the molecule is COCCNc1nc(-c2oc3ccccc3c2C)cs1. The highest BCUT2D eigenvalue weighted by atomic mass is 32.1. The zero-order chi connectivity index (χ0) is 13.9. The molecule has 3 aromatic rings. The molecule has 0 spiro atoms. The summed E-state index contributed by atoms with van der Waals surface area (Å²) in [5, 5.41) is 7.27. The van der Waals surface area contributed by atoms with Gasteiger partial charge in [-0.05, 0) is 13.0 Å². The number of ether oxygens (including phenoxy) is 1. The van der Waals surface area contributed by atoms with E-state index in [0.717, 1.165) is 39.7 Å². The lowest BCUT2D eigenvalue weighted by atomic mass is 10.1. The Kier molecular flexibility index (Phi) is 3.71. The average molecular weight is 288 g/mol. The van der Waals surface area contributed by atoms with Gasteiger partial charge in [-0.2, -0.15) is 0 Å². The second-order valence-corrected chi connectivity index (χ2v) is 5.37. The lowest BCUT2D eigenvalue weighted by molar-refractivity contribution is 0.211. The van der Waals surface area contributed by atoms with Gasteiger partial charge >= 0.3 is 0 Å². The minimum atomic E-state index is 0.665. The predicted molar refractivity (Wildman–Crippen MR) is 82.4 cm³/mol. The molecule has 20 heavy (non-hydrogen) atoms. The van der Waals surface area contributed by atoms with E-state index in [2.05, 4.69) is 23.3 Å². The Bertz CT molecular complexity index is 718. The molecule has 0 aliphatic carbocycles. The van der Waals surface area contributed by atoms with Crippen molar-refractivity contribution in [3.63, 3.8) is 0 Å². The number of hydrogen-bond acceptors (Lipinski definition) is 5. The van der Waals surface area contributed by atoms with Crippen molar-refractivity contribution in [2.75, 3.05) is 25.6 Å². The quantitative estimate of drug-likeness (QED) is 0.723. The van der Waals surface area contributed by atoms with Crippen LogP contribution in [0.25, 0.3) is 22.4 Å². The molecule has 0 unspecified atom stereocenters. The molecule has 2 aromatic heterocycles. The number of fused-ring (bicyclic) bond motifs is 1. The summed E-state index contributed by atoms with van der Waals surface area (Å²) in [6, 6.07) is 8.05. The van der Waals surface area contributed by atoms with E-state index >= 15 is 0 Å². The molecule has 2 heterocycles. The van der Waals surface area contributed by atoms with E-state index in [0.29, 0.717) is 6.61 Å². The van der Waals surface area contributed by atoms with Gasteiger partial charge in [0, 0.05) is 30.0 Å². The van der Waals surface area contributed by atoms with Crippen molar-refractivity contribution in [2.24, 2.45) is 0 Å². The van der Waals surface area contributed by atoms with Crippen LogP contribution < -0.4 is 5.32 Å². The molecular formula is C15H16N2O2S. The summed E-state index contributed by atoms with van der Waals surface area (Å²) in [7, 11) is 1.69. The van der Waals surface area contributed by atoms with Crippen molar-refractivity contribution >= 4 is 27.4 Å². The molecule has 0 fully saturated rings. The smallest absolute Gasteiger partial charge is 0.183 e. The molecule has 1 N–H and O–H groups in total. The number of anilines is 1. The minimum absolute atomic E-state index is 0.665. The topological polar surface area (TPSA) is 47.3 Å². The zero-order valence-corrected chi connectivity index (χ0v) is 12.3. The van der Waals surface area contributed by atoms with Crippen LogP contribution in [0.3, 0.4) is 0 Å². The summed E-state index contributed by atoms with van der Waals surface area (Å²) < 4.78 is 10.9. The summed E-state index contributed by atoms with van der Waals surface area (Å²) in [5.41, 5.74) is 2.92. The van der Waals surface area contributed by atoms with Gasteiger partial charge in [0.25, 0.3) is 0 Å². The second-order valence-electron chi connectivity index (χ2n) is 4.51. The standard InChI is InChI=1S/C15H16N2O2S/c1-10-11-5-3-4-6-13(11)19-14(10)12-9-20-15(17-12)16-7-8-18-2/h3-6,9H,7-8H2,1-2H3,(H,16,17). The number of thiazole rings is 1. The van der Waals surface area contributed by atoms with Crippen molar-refractivity contribution in [1.82, 2.24) is 4.98 Å². The molecule has 0 saturated heterocycles. The highest BCUT2D eigenvalue weighted by Gasteiger charge is 2.14. The van der Waals surface area contributed by atoms with Gasteiger partial charge in [0.05, 0.1) is 6.61 Å². The summed E-state index contributed by atoms with van der Waals surface area (Å²) in [6.07, 6.45) is 0. The summed E-state index contributed by atoms with van der Waals surface area (Å²) >= 11 is 1.58. The lowest BCUT2D eigenvalue weighted by Gasteiger charge is -1.99. The number of benzene rings is 1. The van der Waals surface area contributed by atoms with Crippen LogP contribution in [0.5, 0.6) is 0 Å². The van der Waals surface area contributed by atoms with Crippen LogP contribution in [0.4, 0.5) is 5.13 Å². The molecule has 0 atom stereocenters. The van der Waals surface area contributed by atoms with Crippen LogP contribution in [-0.2, 0) is 4.74 Å². The highest BCUT2D eigenvalue weighted by molar-refractivity contribution is 7.14. The van der Waals surface area contributed by atoms with Crippen LogP contribution in [0.15, 0.2) is 34.1 Å². The molecule has 1 aromatic carbocycles. The van der Waals surface area contributed by atoms with Gasteiger partial charge in [0.2, 0.25) is 0 Å². The normalized spacial score (nSPS) is 11.1. The zero-order valence-electron chi connectivity index (χ0n) is 11.5. The Balaban J connectivity index is 1.89. The number of aryl methyl sites for hydroxylation is 1. The molecule has 0 saturated carbocycles. The monoisotopic (exact) mass is 288 g/mol. The molecule has 0 aliphatic rings. The molecule has 4 nitrogen and oxygen atoms in total. The van der Waals surface area contributed by atoms with Gasteiger partial charge in [-0.3, -0.25) is 0 Å². The fraction of sp³-hybridized carbons (Fsp3) is 0.267. The number of rotatable bonds is 5. The van der Waals surface area contributed by atoms with Gasteiger partial charge in [-0.1, -0.05) is 18.2 Å². The van der Waals surface area contributed by atoms with Gasteiger partial charge < -0.3 is 14.5 Å². The minimum Gasteiger partial charge on any atom is -0.454 e. The fourth-order valence-corrected chi connectivity index (χ4v) is 2.86. The molecule has 0 bridgehead atoms. The van der Waals surface area contributed by atoms with Gasteiger partial charge in [-0.25, -0.2) is 4.98 Å². The number of nitrogens with zero attached hydrogens (tertiary/aromatic N) is 1. The van der Waals surface area contributed by atoms with Gasteiger partial charge in [0.15, 0.2) is 10.9 Å². The number of para-hydroxylation sites is 1. The van der Waals surface area contributed by atoms with Crippen LogP contribution in [0.2, 0.25) is 0 Å². The molecule has 0 aliphatic heterocycles. The Labute approximate surface area is 121 Å². The Morgan fingerprint density at radius 1 is 1.35 bits per heavy atom. The molecular weight excluding hydrogens is 272 g/mol. The van der Waals surface area contributed by atoms with E-state index < -0.39 is 0 Å². The molecule has 0 radical (unpaired) electrons. The van der Waals surface area contributed by atoms with Crippen molar-refractivity contribution in [1.29, 1.82) is 0 Å². The van der Waals surface area contributed by atoms with Crippen LogP contribution in [0, 0.1) is 6.92 Å². The largest absolute Gasteiger partial charge is 0.454 e. The third kappa shape index (κ3) is 2.42. The predicted octanol–water partition coefficient (Wildman–Crippen LogP) is 3.92. The number of methoxy groups -OCH3 is 1. The van der Waals surface area contributed by atoms with Gasteiger partial charge in [-0.15, -0.1) is 11.3 Å². The van der Waals surface area contributed by atoms with Gasteiger partial charge in [0.1, 0.15) is 11.3 Å². The highest BCUT2D eigenvalue weighted by Crippen LogP contribution is 2.34. The number of aromatic nitrogens is 1. The van der Waals surface area contributed by atoms with Crippen molar-refractivity contribution in [3.05, 3.63) is 35.2 Å². The third-order valence-corrected chi connectivity index (χ3v) is 3.96. The van der Waals surface area contributed by atoms with Crippen molar-refractivity contribution in [3.8, 4) is 11.5 Å². The summed E-state index contributed by atoms with van der Waals surface area (Å²) in [4.78, 5) is 4.57. The van der Waals surface area contributed by atoms with E-state index in [4.69, 9.17) is 9.15 Å². The average Bonchev–Trinajstić information content (AvgIpc) is 3.05. The van der Waals surface area contributed by atoms with Crippen molar-refractivity contribution in [2.45, 2.75) is 6.92 Å². The maximum absolute atomic E-state index is 5.92. The Morgan fingerprint density at radius 2 is 2.20 bits per heavy atom. The first-order valence-corrected chi connectivity index (χ1v) is 7.34. The summed E-state index contributed by atoms with van der Waals surface area (Å²) in [5.74, 6) is 0.849. The van der Waals surface area contributed by atoms with E-state index in [1.807, 2.05) is 23.6 Å². The Morgan fingerprint density at radius 3 is 3.00 bits per heavy atom. The lowest BCUT2D eigenvalue weighted by Crippen LogP contribution is -2.06. The fourth-order valence-electron chi connectivity index (χ4n) is 2.14. The van der Waals surface area contributed by atoms with E-state index in [-0.39, 0.29) is 0 Å². The van der Waals surface area contributed by atoms with Crippen molar-refractivity contribution < 1.29 is 9.15 Å². The molecule has 104 valence electrons. The summed E-state index contributed by atoms with van der Waals surface area (Å²) in [6.45, 7) is 3.49. The number of nitrogens with one attached hydrogen (secondary N) is 1. The maximum Gasteiger partial charge on any atom is 0.183 e. The first-order valence-electron chi connectivity index (χ1n) is 6.46. The molecule has 3 rings (SSSR count).